The molecule has 2 unspecified atom stereocenters. The number of rotatable bonds is 8. The Morgan fingerprint density at radius 3 is 2.31 bits per heavy atom. The lowest BCUT2D eigenvalue weighted by Gasteiger charge is -2.40. The predicted octanol–water partition coefficient (Wildman–Crippen LogP) is 5.39. The number of urea groups is 1. The predicted molar refractivity (Wildman–Crippen MR) is 153 cm³/mol. The number of nitrogens with one attached hydrogen (secondary N) is 1. The van der Waals surface area contributed by atoms with Crippen LogP contribution in [0.2, 0.25) is 0 Å². The zero-order chi connectivity index (χ0) is 30.3. The minimum atomic E-state index is -4.78. The molecule has 0 aliphatic carbocycles. The summed E-state index contributed by atoms with van der Waals surface area (Å²) in [7, 11) is 0. The van der Waals surface area contributed by atoms with Crippen LogP contribution in [-0.4, -0.2) is 84.6 Å². The van der Waals surface area contributed by atoms with E-state index in [4.69, 9.17) is 4.74 Å². The molecule has 2 atom stereocenters. The van der Waals surface area contributed by atoms with Crippen LogP contribution in [0.15, 0.2) is 48.7 Å². The first-order valence-electron chi connectivity index (χ1n) is 14.4. The number of carbonyl (C=O) groups is 2. The maximum atomic E-state index is 13.1. The average molecular weight is 592 g/mol. The van der Waals surface area contributed by atoms with E-state index in [-0.39, 0.29) is 29.6 Å². The van der Waals surface area contributed by atoms with Crippen molar-refractivity contribution >= 4 is 23.5 Å². The molecule has 3 heterocycles. The summed E-state index contributed by atoms with van der Waals surface area (Å²) in [6.07, 6.45) is -1.20. The van der Waals surface area contributed by atoms with Crippen LogP contribution in [0.5, 0.6) is 5.75 Å². The van der Waals surface area contributed by atoms with Gasteiger partial charge in [-0.15, -0.1) is 13.2 Å². The summed E-state index contributed by atoms with van der Waals surface area (Å²) in [5.41, 5.74) is -0.200. The molecule has 42 heavy (non-hydrogen) atoms. The Bertz CT molecular complexity index is 1170. The molecule has 1 N–H and O–H groups in total. The van der Waals surface area contributed by atoms with Gasteiger partial charge >= 0.3 is 18.4 Å². The number of piperidine rings is 1. The number of pyridine rings is 1. The Hall–Kier alpha value is -3.54. The van der Waals surface area contributed by atoms with Gasteiger partial charge in [-0.1, -0.05) is 6.07 Å². The summed E-state index contributed by atoms with van der Waals surface area (Å²) < 4.78 is 46.9. The molecule has 230 valence electrons. The highest BCUT2D eigenvalue weighted by molar-refractivity contribution is 5.89. The van der Waals surface area contributed by atoms with E-state index in [2.05, 4.69) is 24.8 Å². The minimum absolute atomic E-state index is 0.0810. The second-order valence-electron chi connectivity index (χ2n) is 11.9. The van der Waals surface area contributed by atoms with E-state index < -0.39 is 12.0 Å². The average Bonchev–Trinajstić information content (AvgIpc) is 2.92. The molecule has 1 aromatic carbocycles. The first-order chi connectivity index (χ1) is 19.8. The van der Waals surface area contributed by atoms with Crippen LogP contribution in [0.3, 0.4) is 0 Å². The Morgan fingerprint density at radius 1 is 0.976 bits per heavy atom. The SMILES string of the molecule is CC(C)(C)OC(=O)CC1CCN(C(=O)Nc2ccc(OC(F)(F)F)cc2)CC1CCN1CCN(c2ccccn2)CC1. The third-order valence-corrected chi connectivity index (χ3v) is 7.53. The molecule has 2 aromatic rings. The highest BCUT2D eigenvalue weighted by atomic mass is 19.4. The number of alkyl halides is 3. The van der Waals surface area contributed by atoms with Gasteiger partial charge in [0.2, 0.25) is 0 Å². The zero-order valence-electron chi connectivity index (χ0n) is 24.4. The normalized spacial score (nSPS) is 20.2. The summed E-state index contributed by atoms with van der Waals surface area (Å²) in [5.74, 6) is 0.557. The van der Waals surface area contributed by atoms with Crippen LogP contribution in [-0.2, 0) is 9.53 Å². The fraction of sp³-hybridized carbons (Fsp3) is 0.567. The van der Waals surface area contributed by atoms with Gasteiger partial charge in [0.25, 0.3) is 0 Å². The number of benzene rings is 1. The molecular formula is C30H40F3N5O4. The number of piperazine rings is 1. The van der Waals surface area contributed by atoms with E-state index >= 15 is 0 Å². The van der Waals surface area contributed by atoms with Crippen molar-refractivity contribution < 1.29 is 32.2 Å². The van der Waals surface area contributed by atoms with Crippen molar-refractivity contribution in [1.29, 1.82) is 0 Å². The second kappa shape index (κ2) is 13.6. The molecular weight excluding hydrogens is 551 g/mol. The largest absolute Gasteiger partial charge is 0.573 e. The summed E-state index contributed by atoms with van der Waals surface area (Å²) in [6, 6.07) is 10.6. The van der Waals surface area contributed by atoms with Crippen molar-refractivity contribution in [1.82, 2.24) is 14.8 Å². The Morgan fingerprint density at radius 2 is 1.69 bits per heavy atom. The first kappa shape index (κ1) is 31.4. The first-order valence-corrected chi connectivity index (χ1v) is 14.4. The van der Waals surface area contributed by atoms with E-state index in [0.29, 0.717) is 31.6 Å². The number of nitrogens with zero attached hydrogens (tertiary/aromatic N) is 4. The molecule has 0 radical (unpaired) electrons. The van der Waals surface area contributed by atoms with Gasteiger partial charge in [0.05, 0.1) is 0 Å². The lowest BCUT2D eigenvalue weighted by molar-refractivity contribution is -0.274. The van der Waals surface area contributed by atoms with Gasteiger partial charge in [-0.3, -0.25) is 9.69 Å². The molecule has 2 saturated heterocycles. The number of amides is 2. The fourth-order valence-electron chi connectivity index (χ4n) is 5.49. The van der Waals surface area contributed by atoms with Crippen LogP contribution >= 0.6 is 0 Å². The quantitative estimate of drug-likeness (QED) is 0.412. The van der Waals surface area contributed by atoms with Crippen LogP contribution < -0.4 is 15.0 Å². The Labute approximate surface area is 245 Å². The Balaban J connectivity index is 1.34. The van der Waals surface area contributed by atoms with Crippen molar-refractivity contribution in [2.75, 3.05) is 56.0 Å². The molecule has 2 amide bonds. The number of anilines is 2. The molecule has 1 aromatic heterocycles. The maximum Gasteiger partial charge on any atom is 0.573 e. The lowest BCUT2D eigenvalue weighted by atomic mass is 9.81. The standard InChI is InChI=1S/C30H40F3N5O4/c1-29(2,3)42-27(39)20-22-12-15-38(28(40)35-24-7-9-25(10-8-24)41-30(31,32)33)21-23(22)11-14-36-16-18-37(19-17-36)26-6-4-5-13-34-26/h4-10,13,22-23H,11-12,14-21H2,1-3H3,(H,35,40). The van der Waals surface area contributed by atoms with Gasteiger partial charge in [-0.25, -0.2) is 9.78 Å². The maximum absolute atomic E-state index is 13.1. The number of likely N-dealkylation sites (tertiary alicyclic amines) is 1. The number of carbonyl (C=O) groups excluding carboxylic acids is 2. The van der Waals surface area contributed by atoms with Gasteiger partial charge in [0.1, 0.15) is 17.2 Å². The topological polar surface area (TPSA) is 87.2 Å². The zero-order valence-corrected chi connectivity index (χ0v) is 24.4. The fourth-order valence-corrected chi connectivity index (χ4v) is 5.49. The van der Waals surface area contributed by atoms with Crippen molar-refractivity contribution in [3.05, 3.63) is 48.7 Å². The molecule has 2 fully saturated rings. The molecule has 2 aliphatic rings. The van der Waals surface area contributed by atoms with Crippen molar-refractivity contribution in [2.24, 2.45) is 11.8 Å². The lowest BCUT2D eigenvalue weighted by Crippen LogP contribution is -2.49. The molecule has 0 bridgehead atoms. The van der Waals surface area contributed by atoms with E-state index in [1.54, 1.807) is 11.1 Å². The molecule has 0 saturated carbocycles. The second-order valence-corrected chi connectivity index (χ2v) is 11.9. The van der Waals surface area contributed by atoms with E-state index in [9.17, 15) is 22.8 Å². The molecule has 2 aliphatic heterocycles. The third kappa shape index (κ3) is 9.78. The van der Waals surface area contributed by atoms with Crippen LogP contribution in [0.1, 0.15) is 40.0 Å². The van der Waals surface area contributed by atoms with Crippen LogP contribution in [0, 0.1) is 11.8 Å². The summed E-state index contributed by atoms with van der Waals surface area (Å²) in [6.45, 7) is 10.9. The third-order valence-electron chi connectivity index (χ3n) is 7.53. The van der Waals surface area contributed by atoms with E-state index in [1.165, 1.54) is 12.1 Å². The highest BCUT2D eigenvalue weighted by Crippen LogP contribution is 2.31. The summed E-state index contributed by atoms with van der Waals surface area (Å²) >= 11 is 0. The number of hydrogen-bond donors (Lipinski definition) is 1. The summed E-state index contributed by atoms with van der Waals surface area (Å²) in [4.78, 5) is 36.7. The number of aromatic nitrogens is 1. The Kier molecular flexibility index (Phi) is 10.2. The van der Waals surface area contributed by atoms with Gasteiger partial charge in [0, 0.05) is 57.6 Å². The molecule has 4 rings (SSSR count). The monoisotopic (exact) mass is 591 g/mol. The van der Waals surface area contributed by atoms with Gasteiger partial charge in [0.15, 0.2) is 0 Å². The van der Waals surface area contributed by atoms with Crippen molar-refractivity contribution in [3.63, 3.8) is 0 Å². The smallest absolute Gasteiger partial charge is 0.460 e. The number of hydrogen-bond acceptors (Lipinski definition) is 7. The molecule has 12 heteroatoms. The van der Waals surface area contributed by atoms with Crippen molar-refractivity contribution in [2.45, 2.75) is 52.0 Å². The molecule has 9 nitrogen and oxygen atoms in total. The van der Waals surface area contributed by atoms with E-state index in [1.807, 2.05) is 39.0 Å². The number of esters is 1. The molecule has 0 spiro atoms. The van der Waals surface area contributed by atoms with Gasteiger partial charge < -0.3 is 24.6 Å². The number of ether oxygens (including phenoxy) is 2. The van der Waals surface area contributed by atoms with Crippen LogP contribution in [0.25, 0.3) is 0 Å². The van der Waals surface area contributed by atoms with Crippen LogP contribution in [0.4, 0.5) is 29.5 Å². The van der Waals surface area contributed by atoms with Crippen molar-refractivity contribution in [3.8, 4) is 5.75 Å². The summed E-state index contributed by atoms with van der Waals surface area (Å²) in [5, 5.41) is 2.77. The number of halogens is 3. The van der Waals surface area contributed by atoms with Gasteiger partial charge in [-0.05, 0) is 88.4 Å². The van der Waals surface area contributed by atoms with E-state index in [0.717, 1.165) is 57.1 Å². The minimum Gasteiger partial charge on any atom is -0.460 e. The van der Waals surface area contributed by atoms with Gasteiger partial charge in [-0.2, -0.15) is 0 Å². The highest BCUT2D eigenvalue weighted by Gasteiger charge is 2.35.